The number of aryl methyl sites for hydroxylation is 1. The Hall–Kier alpha value is -1.82. The van der Waals surface area contributed by atoms with E-state index in [1.54, 1.807) is 0 Å². The lowest BCUT2D eigenvalue weighted by molar-refractivity contribution is 0.0776. The highest BCUT2D eigenvalue weighted by molar-refractivity contribution is 6.33. The highest BCUT2D eigenvalue weighted by atomic mass is 35.5. The minimum Gasteiger partial charge on any atom is -0.386 e. The van der Waals surface area contributed by atoms with Crippen molar-refractivity contribution in [3.8, 4) is 11.3 Å². The largest absolute Gasteiger partial charge is 0.386 e. The molecule has 1 N–H and O–H groups in total. The first-order valence-electron chi connectivity index (χ1n) is 9.69. The maximum absolute atomic E-state index is 14.8. The topological polar surface area (TPSA) is 58.9 Å². The third-order valence-electron chi connectivity index (χ3n) is 3.44. The first-order chi connectivity index (χ1) is 13.7. The van der Waals surface area contributed by atoms with Crippen LogP contribution in [-0.4, -0.2) is 20.1 Å². The van der Waals surface area contributed by atoms with Crippen molar-refractivity contribution in [1.29, 1.82) is 0 Å². The zero-order valence-electron chi connectivity index (χ0n) is 18.2. The average Bonchev–Trinajstić information content (AvgIpc) is 2.61. The van der Waals surface area contributed by atoms with Crippen molar-refractivity contribution in [2.45, 2.75) is 26.2 Å². The number of halogens is 3. The summed E-state index contributed by atoms with van der Waals surface area (Å²) in [5.74, 6) is -0.783. The maximum atomic E-state index is 14.8. The molecule has 3 aromatic rings. The molecule has 0 bridgehead atoms. The summed E-state index contributed by atoms with van der Waals surface area (Å²) in [5, 5.41) is 10.8. The Kier molecular flexibility index (Phi) is 2.69. The summed E-state index contributed by atoms with van der Waals surface area (Å²) in [6.07, 6.45) is 1.23. The molecule has 0 spiro atoms. The van der Waals surface area contributed by atoms with Crippen molar-refractivity contribution in [3.63, 3.8) is 0 Å². The van der Waals surface area contributed by atoms with E-state index in [-0.39, 0.29) is 38.2 Å². The molecule has 4 nitrogen and oxygen atoms in total. The molecule has 0 aliphatic carbocycles. The molecular formula is C17H14Cl2FN3O. The second-order valence-corrected chi connectivity index (χ2v) is 5.94. The van der Waals surface area contributed by atoms with Gasteiger partial charge in [-0.25, -0.2) is 19.3 Å². The van der Waals surface area contributed by atoms with Gasteiger partial charge in [0.1, 0.15) is 11.3 Å². The summed E-state index contributed by atoms with van der Waals surface area (Å²) in [4.78, 5) is 11.7. The molecule has 3 rings (SSSR count). The van der Waals surface area contributed by atoms with Crippen molar-refractivity contribution in [1.82, 2.24) is 15.0 Å². The Labute approximate surface area is 156 Å². The standard InChI is InChI=1S/C17H14Cl2FN3O/c1-8-11(17(2,3)24)5-9-4-10(6-13(20)15(9)22-8)14-12(18)7-21-16(19)23-14/h4-7,24H,1-3H3/i2D3,3D3. The fourth-order valence-corrected chi connectivity index (χ4v) is 2.72. The van der Waals surface area contributed by atoms with Crippen LogP contribution in [-0.2, 0) is 5.60 Å². The lowest BCUT2D eigenvalue weighted by atomic mass is 9.94. The number of benzene rings is 1. The predicted molar refractivity (Wildman–Crippen MR) is 92.7 cm³/mol. The normalized spacial score (nSPS) is 16.7. The highest BCUT2D eigenvalue weighted by Gasteiger charge is 2.21. The first kappa shape index (κ1) is 10.9. The second kappa shape index (κ2) is 5.92. The van der Waals surface area contributed by atoms with Crippen LogP contribution in [0.25, 0.3) is 22.2 Å². The fourth-order valence-electron chi connectivity index (χ4n) is 2.39. The van der Waals surface area contributed by atoms with Gasteiger partial charge in [-0.2, -0.15) is 0 Å². The summed E-state index contributed by atoms with van der Waals surface area (Å²) in [5.41, 5.74) is -3.66. The van der Waals surface area contributed by atoms with Crippen molar-refractivity contribution < 1.29 is 17.7 Å². The van der Waals surface area contributed by atoms with Crippen LogP contribution in [0.2, 0.25) is 10.3 Å². The van der Waals surface area contributed by atoms with Crippen molar-refractivity contribution >= 4 is 34.1 Å². The van der Waals surface area contributed by atoms with Crippen LogP contribution in [0, 0.1) is 12.7 Å². The zero-order valence-corrected chi connectivity index (χ0v) is 13.7. The van der Waals surface area contributed by atoms with Crippen LogP contribution in [0.3, 0.4) is 0 Å². The van der Waals surface area contributed by atoms with Gasteiger partial charge in [0.15, 0.2) is 0 Å². The number of pyridine rings is 1. The third-order valence-corrected chi connectivity index (χ3v) is 3.90. The smallest absolute Gasteiger partial charge is 0.222 e. The summed E-state index contributed by atoms with van der Waals surface area (Å²) >= 11 is 11.9. The van der Waals surface area contributed by atoms with Gasteiger partial charge >= 0.3 is 0 Å². The number of nitrogens with zero attached hydrogens (tertiary/aromatic N) is 3. The molecule has 124 valence electrons. The minimum absolute atomic E-state index is 0.0447. The van der Waals surface area contributed by atoms with E-state index < -0.39 is 30.7 Å². The first-order valence-corrected chi connectivity index (χ1v) is 7.44. The third kappa shape index (κ3) is 3.07. The number of hydrogen-bond donors (Lipinski definition) is 1. The van der Waals surface area contributed by atoms with Gasteiger partial charge < -0.3 is 5.11 Å². The van der Waals surface area contributed by atoms with Crippen LogP contribution in [0.5, 0.6) is 0 Å². The number of rotatable bonds is 2. The Morgan fingerprint density at radius 3 is 2.67 bits per heavy atom. The number of hydrogen-bond acceptors (Lipinski definition) is 4. The second-order valence-electron chi connectivity index (χ2n) is 5.20. The molecule has 0 fully saturated rings. The number of aromatic nitrogens is 3. The Morgan fingerprint density at radius 1 is 1.21 bits per heavy atom. The fraction of sp³-hybridized carbons (Fsp3) is 0.235. The summed E-state index contributed by atoms with van der Waals surface area (Å²) < 4.78 is 60.5. The predicted octanol–water partition coefficient (Wildman–Crippen LogP) is 4.67. The van der Waals surface area contributed by atoms with Gasteiger partial charge in [0.2, 0.25) is 5.28 Å². The van der Waals surface area contributed by atoms with Gasteiger partial charge in [0.05, 0.1) is 22.5 Å². The van der Waals surface area contributed by atoms with E-state index in [1.165, 1.54) is 19.2 Å². The van der Waals surface area contributed by atoms with E-state index in [9.17, 15) is 9.50 Å². The Bertz CT molecular complexity index is 1140. The van der Waals surface area contributed by atoms with Gasteiger partial charge in [0, 0.05) is 30.4 Å². The van der Waals surface area contributed by atoms with Gasteiger partial charge in [-0.3, -0.25) is 0 Å². The van der Waals surface area contributed by atoms with Crippen molar-refractivity contribution in [2.24, 2.45) is 0 Å². The van der Waals surface area contributed by atoms with E-state index in [4.69, 9.17) is 31.4 Å². The lowest BCUT2D eigenvalue weighted by Crippen LogP contribution is -2.18. The Morgan fingerprint density at radius 2 is 1.96 bits per heavy atom. The molecule has 0 saturated carbocycles. The molecule has 0 atom stereocenters. The number of fused-ring (bicyclic) bond motifs is 1. The van der Waals surface area contributed by atoms with Crippen molar-refractivity contribution in [2.75, 3.05) is 0 Å². The SMILES string of the molecule is [2H]C([2H])([2H])C(O)(c1cc2cc(-c3nc(Cl)ncc3Cl)cc(F)c2nc1C)C([2H])([2H])[2H]. The maximum Gasteiger partial charge on any atom is 0.222 e. The number of aliphatic hydroxyl groups is 1. The van der Waals surface area contributed by atoms with E-state index in [2.05, 4.69) is 15.0 Å². The summed E-state index contributed by atoms with van der Waals surface area (Å²) in [7, 11) is 0. The van der Waals surface area contributed by atoms with Crippen LogP contribution < -0.4 is 0 Å². The lowest BCUT2D eigenvalue weighted by Gasteiger charge is -2.20. The van der Waals surface area contributed by atoms with E-state index in [0.717, 1.165) is 12.1 Å². The molecule has 0 aliphatic heterocycles. The quantitative estimate of drug-likeness (QED) is 0.664. The van der Waals surface area contributed by atoms with Gasteiger partial charge in [-0.1, -0.05) is 11.6 Å². The molecule has 0 unspecified atom stereocenters. The summed E-state index contributed by atoms with van der Waals surface area (Å²) in [6.45, 7) is -5.32. The molecule has 0 saturated heterocycles. The van der Waals surface area contributed by atoms with Gasteiger partial charge in [-0.15, -0.1) is 0 Å². The molecule has 1 aromatic carbocycles. The van der Waals surface area contributed by atoms with Crippen LogP contribution >= 0.6 is 23.2 Å². The van der Waals surface area contributed by atoms with Crippen LogP contribution in [0.1, 0.15) is 33.2 Å². The molecule has 2 heterocycles. The van der Waals surface area contributed by atoms with Crippen molar-refractivity contribution in [3.05, 3.63) is 51.8 Å². The van der Waals surface area contributed by atoms with Gasteiger partial charge in [-0.05, 0) is 50.4 Å². The summed E-state index contributed by atoms with van der Waals surface area (Å²) in [6, 6.07) is 3.59. The molecule has 0 amide bonds. The molecule has 0 radical (unpaired) electrons. The molecule has 2 aromatic heterocycles. The molecule has 0 aliphatic rings. The van der Waals surface area contributed by atoms with Crippen LogP contribution in [0.15, 0.2) is 24.4 Å². The minimum atomic E-state index is -3.31. The molecule has 7 heteroatoms. The molecular weight excluding hydrogens is 352 g/mol. The van der Waals surface area contributed by atoms with Crippen LogP contribution in [0.4, 0.5) is 4.39 Å². The van der Waals surface area contributed by atoms with Gasteiger partial charge in [0.25, 0.3) is 0 Å². The monoisotopic (exact) mass is 371 g/mol. The highest BCUT2D eigenvalue weighted by Crippen LogP contribution is 2.32. The molecule has 24 heavy (non-hydrogen) atoms. The van der Waals surface area contributed by atoms with E-state index in [1.807, 2.05) is 0 Å². The Balaban J connectivity index is 2.35. The average molecular weight is 372 g/mol. The zero-order chi connectivity index (χ0) is 22.6. The van der Waals surface area contributed by atoms with E-state index >= 15 is 0 Å². The van der Waals surface area contributed by atoms with E-state index in [0.29, 0.717) is 0 Å².